The van der Waals surface area contributed by atoms with Gasteiger partial charge in [0.25, 0.3) is 0 Å². The van der Waals surface area contributed by atoms with Crippen molar-refractivity contribution in [3.05, 3.63) is 41.8 Å². The Bertz CT molecular complexity index is 1070. The summed E-state index contributed by atoms with van der Waals surface area (Å²) in [5.74, 6) is 1.73. The number of nitrogens with zero attached hydrogens (tertiary/aromatic N) is 4. The Kier molecular flexibility index (Phi) is 6.41. The molecule has 9 nitrogen and oxygen atoms in total. The fraction of sp³-hybridized carbons (Fsp3) is 0.565. The first-order valence-corrected chi connectivity index (χ1v) is 12.9. The molecule has 1 saturated heterocycles. The molecule has 3 aliphatic rings. The molecule has 0 aliphatic carbocycles. The molecule has 0 saturated carbocycles. The molecule has 1 atom stereocenters. The molecule has 0 spiro atoms. The molecule has 0 N–H and O–H groups in total. The molecule has 180 valence electrons. The maximum atomic E-state index is 12.2. The number of anilines is 1. The van der Waals surface area contributed by atoms with Crippen molar-refractivity contribution in [3.63, 3.8) is 0 Å². The first-order valence-electron chi connectivity index (χ1n) is 11.3. The Labute approximate surface area is 195 Å². The molecular weight excluding hydrogens is 444 g/mol. The Morgan fingerprint density at radius 1 is 1.24 bits per heavy atom. The third kappa shape index (κ3) is 5.33. The number of rotatable bonds is 4. The van der Waals surface area contributed by atoms with Crippen LogP contribution in [0.15, 0.2) is 36.2 Å². The predicted molar refractivity (Wildman–Crippen MR) is 126 cm³/mol. The minimum absolute atomic E-state index is 0.124. The van der Waals surface area contributed by atoms with Crippen LogP contribution in [0, 0.1) is 0 Å². The average molecular weight is 477 g/mol. The number of carbonyl (C=O) groups is 1. The number of hydrogen-bond acceptors (Lipinski definition) is 7. The van der Waals surface area contributed by atoms with E-state index >= 15 is 0 Å². The maximum Gasteiger partial charge on any atom is 0.414 e. The number of piperazine rings is 1. The van der Waals surface area contributed by atoms with Gasteiger partial charge >= 0.3 is 6.09 Å². The van der Waals surface area contributed by atoms with E-state index in [0.29, 0.717) is 32.7 Å². The van der Waals surface area contributed by atoms with Gasteiger partial charge in [-0.3, -0.25) is 4.90 Å². The van der Waals surface area contributed by atoms with Gasteiger partial charge in [-0.1, -0.05) is 6.08 Å². The SMILES string of the molecule is CCS(=O)(=O)N1CCN(c2cc3c(cn2)OC(C2=CCN(C(=O)OC(C)(C)C)C=C2)C3)CC1. The summed E-state index contributed by atoms with van der Waals surface area (Å²) < 4.78 is 37.3. The van der Waals surface area contributed by atoms with Crippen molar-refractivity contribution in [2.24, 2.45) is 0 Å². The smallest absolute Gasteiger partial charge is 0.414 e. The molecule has 0 bridgehead atoms. The van der Waals surface area contributed by atoms with Gasteiger partial charge in [0, 0.05) is 50.9 Å². The molecule has 33 heavy (non-hydrogen) atoms. The highest BCUT2D eigenvalue weighted by molar-refractivity contribution is 7.89. The molecule has 10 heteroatoms. The lowest BCUT2D eigenvalue weighted by molar-refractivity contribution is 0.0348. The summed E-state index contributed by atoms with van der Waals surface area (Å²) in [6.07, 6.45) is 7.60. The number of fused-ring (bicyclic) bond motifs is 1. The van der Waals surface area contributed by atoms with Crippen LogP contribution in [0.4, 0.5) is 10.6 Å². The predicted octanol–water partition coefficient (Wildman–Crippen LogP) is 2.55. The Morgan fingerprint density at radius 3 is 2.58 bits per heavy atom. The summed E-state index contributed by atoms with van der Waals surface area (Å²) in [6.45, 7) is 9.82. The quantitative estimate of drug-likeness (QED) is 0.659. The number of amides is 1. The van der Waals surface area contributed by atoms with Crippen LogP contribution in [-0.2, 0) is 21.2 Å². The van der Waals surface area contributed by atoms with E-state index in [9.17, 15) is 13.2 Å². The number of sulfonamides is 1. The van der Waals surface area contributed by atoms with Crippen LogP contribution in [0.25, 0.3) is 0 Å². The molecule has 0 radical (unpaired) electrons. The largest absolute Gasteiger partial charge is 0.483 e. The fourth-order valence-electron chi connectivity index (χ4n) is 4.07. The standard InChI is InChI=1S/C23H32N4O5S/c1-5-33(29,30)27-12-10-25(11-13-27)21-15-18-14-19(31-20(18)16-24-21)17-6-8-26(9-7-17)22(28)32-23(2,3)4/h6-8,15-16,19H,5,9-14H2,1-4H3. The van der Waals surface area contributed by atoms with E-state index in [-0.39, 0.29) is 18.0 Å². The highest BCUT2D eigenvalue weighted by Crippen LogP contribution is 2.34. The van der Waals surface area contributed by atoms with Crippen LogP contribution in [0.1, 0.15) is 33.3 Å². The van der Waals surface area contributed by atoms with Gasteiger partial charge in [0.05, 0.1) is 11.9 Å². The van der Waals surface area contributed by atoms with Gasteiger partial charge in [0.15, 0.2) is 0 Å². The Morgan fingerprint density at radius 2 is 1.97 bits per heavy atom. The van der Waals surface area contributed by atoms with Crippen molar-refractivity contribution in [2.45, 2.75) is 45.8 Å². The zero-order valence-electron chi connectivity index (χ0n) is 19.7. The Hall–Kier alpha value is -2.59. The van der Waals surface area contributed by atoms with Crippen molar-refractivity contribution in [2.75, 3.05) is 43.4 Å². The van der Waals surface area contributed by atoms with Gasteiger partial charge < -0.3 is 14.4 Å². The molecule has 4 rings (SSSR count). The second-order valence-electron chi connectivity index (χ2n) is 9.40. The highest BCUT2D eigenvalue weighted by atomic mass is 32.2. The van der Waals surface area contributed by atoms with E-state index in [1.54, 1.807) is 23.6 Å². The third-order valence-electron chi connectivity index (χ3n) is 5.90. The van der Waals surface area contributed by atoms with Gasteiger partial charge in [-0.05, 0) is 45.4 Å². The third-order valence-corrected chi connectivity index (χ3v) is 7.78. The summed E-state index contributed by atoms with van der Waals surface area (Å²) in [7, 11) is -3.15. The first kappa shape index (κ1) is 23.6. The van der Waals surface area contributed by atoms with Gasteiger partial charge in [0.2, 0.25) is 10.0 Å². The van der Waals surface area contributed by atoms with Crippen LogP contribution in [0.2, 0.25) is 0 Å². The fourth-order valence-corrected chi connectivity index (χ4v) is 5.16. The number of pyridine rings is 1. The lowest BCUT2D eigenvalue weighted by atomic mass is 10.0. The van der Waals surface area contributed by atoms with E-state index < -0.39 is 15.6 Å². The van der Waals surface area contributed by atoms with Crippen LogP contribution in [-0.4, -0.2) is 78.9 Å². The molecule has 0 aromatic carbocycles. The molecular formula is C23H32N4O5S. The zero-order valence-corrected chi connectivity index (χ0v) is 20.5. The second-order valence-corrected chi connectivity index (χ2v) is 11.7. The van der Waals surface area contributed by atoms with Crippen molar-refractivity contribution < 1.29 is 22.7 Å². The van der Waals surface area contributed by atoms with E-state index in [2.05, 4.69) is 9.88 Å². The van der Waals surface area contributed by atoms with Crippen LogP contribution >= 0.6 is 0 Å². The number of carbonyl (C=O) groups excluding carboxylic acids is 1. The van der Waals surface area contributed by atoms with Gasteiger partial charge in [-0.25, -0.2) is 18.2 Å². The summed E-state index contributed by atoms with van der Waals surface area (Å²) in [5.41, 5.74) is 1.57. The van der Waals surface area contributed by atoms with Crippen molar-refractivity contribution >= 4 is 21.9 Å². The summed E-state index contributed by atoms with van der Waals surface area (Å²) in [6, 6.07) is 2.04. The summed E-state index contributed by atoms with van der Waals surface area (Å²) in [4.78, 5) is 20.5. The van der Waals surface area contributed by atoms with Crippen molar-refractivity contribution in [1.29, 1.82) is 0 Å². The van der Waals surface area contributed by atoms with Crippen LogP contribution < -0.4 is 9.64 Å². The highest BCUT2D eigenvalue weighted by Gasteiger charge is 2.30. The second kappa shape index (κ2) is 8.98. The summed E-state index contributed by atoms with van der Waals surface area (Å²) >= 11 is 0. The lowest BCUT2D eigenvalue weighted by Gasteiger charge is -2.34. The van der Waals surface area contributed by atoms with Gasteiger partial charge in [-0.15, -0.1) is 0 Å². The van der Waals surface area contributed by atoms with Gasteiger partial charge in [-0.2, -0.15) is 4.31 Å². The molecule has 3 aliphatic heterocycles. The lowest BCUT2D eigenvalue weighted by Crippen LogP contribution is -2.49. The van der Waals surface area contributed by atoms with E-state index in [4.69, 9.17) is 9.47 Å². The normalized spacial score (nSPS) is 21.5. The zero-order chi connectivity index (χ0) is 23.8. The van der Waals surface area contributed by atoms with Crippen LogP contribution in [0.5, 0.6) is 5.75 Å². The Balaban J connectivity index is 1.36. The van der Waals surface area contributed by atoms with E-state index in [0.717, 1.165) is 29.1 Å². The molecule has 1 aromatic rings. The minimum Gasteiger partial charge on any atom is -0.483 e. The maximum absolute atomic E-state index is 12.2. The van der Waals surface area contributed by atoms with Crippen molar-refractivity contribution in [3.8, 4) is 5.75 Å². The number of ether oxygens (including phenoxy) is 2. The monoisotopic (exact) mass is 476 g/mol. The summed E-state index contributed by atoms with van der Waals surface area (Å²) in [5, 5.41) is 0. The minimum atomic E-state index is -3.15. The van der Waals surface area contributed by atoms with E-state index in [1.807, 2.05) is 39.0 Å². The van der Waals surface area contributed by atoms with Crippen molar-refractivity contribution in [1.82, 2.24) is 14.2 Å². The molecule has 1 fully saturated rings. The molecule has 4 heterocycles. The van der Waals surface area contributed by atoms with Gasteiger partial charge in [0.1, 0.15) is 23.3 Å². The molecule has 1 unspecified atom stereocenters. The van der Waals surface area contributed by atoms with E-state index in [1.165, 1.54) is 4.90 Å². The first-order chi connectivity index (χ1) is 15.6. The molecule has 1 amide bonds. The number of hydrogen-bond donors (Lipinski definition) is 0. The molecule has 1 aromatic heterocycles. The average Bonchev–Trinajstić information content (AvgIpc) is 3.21. The van der Waals surface area contributed by atoms with Crippen LogP contribution in [0.3, 0.4) is 0 Å². The number of aromatic nitrogens is 1. The topological polar surface area (TPSA) is 92.3 Å².